The first-order valence-corrected chi connectivity index (χ1v) is 10.4. The molecule has 3 saturated heterocycles. The van der Waals surface area contributed by atoms with Gasteiger partial charge in [0.15, 0.2) is 0 Å². The molecule has 3 aliphatic rings. The van der Waals surface area contributed by atoms with E-state index in [1.54, 1.807) is 0 Å². The lowest BCUT2D eigenvalue weighted by Gasteiger charge is -2.42. The predicted octanol–water partition coefficient (Wildman–Crippen LogP) is 0.658. The molecule has 0 radical (unpaired) electrons. The van der Waals surface area contributed by atoms with Crippen molar-refractivity contribution in [2.75, 3.05) is 70.5 Å². The third kappa shape index (κ3) is 4.37. The zero-order valence-electron chi connectivity index (χ0n) is 16.5. The van der Waals surface area contributed by atoms with Crippen LogP contribution in [-0.2, 0) is 14.3 Å². The fraction of sp³-hybridized carbons (Fsp3) is 0.619. The third-order valence-corrected chi connectivity index (χ3v) is 6.05. The highest BCUT2D eigenvalue weighted by molar-refractivity contribution is 5.97. The Labute approximate surface area is 166 Å². The largest absolute Gasteiger partial charge is 0.378 e. The van der Waals surface area contributed by atoms with E-state index in [0.717, 1.165) is 51.3 Å². The van der Waals surface area contributed by atoms with Gasteiger partial charge in [-0.05, 0) is 25.0 Å². The lowest BCUT2D eigenvalue weighted by Crippen LogP contribution is -2.58. The first-order valence-electron chi connectivity index (χ1n) is 10.4. The molecular formula is C21H30N4O3. The highest BCUT2D eigenvalue weighted by Crippen LogP contribution is 2.24. The van der Waals surface area contributed by atoms with Crippen molar-refractivity contribution in [3.8, 4) is 0 Å². The maximum absolute atomic E-state index is 13.1. The van der Waals surface area contributed by atoms with Crippen LogP contribution in [0.3, 0.4) is 0 Å². The number of benzene rings is 1. The molecule has 7 nitrogen and oxygen atoms in total. The van der Waals surface area contributed by atoms with E-state index in [1.165, 1.54) is 0 Å². The molecule has 3 fully saturated rings. The lowest BCUT2D eigenvalue weighted by atomic mass is 10.0. The number of amides is 2. The van der Waals surface area contributed by atoms with Crippen molar-refractivity contribution in [1.82, 2.24) is 14.7 Å². The molecule has 0 N–H and O–H groups in total. The second-order valence-electron chi connectivity index (χ2n) is 7.79. The van der Waals surface area contributed by atoms with Gasteiger partial charge in [0, 0.05) is 51.5 Å². The van der Waals surface area contributed by atoms with Crippen molar-refractivity contribution in [3.63, 3.8) is 0 Å². The van der Waals surface area contributed by atoms with Crippen LogP contribution in [0.5, 0.6) is 0 Å². The molecule has 0 saturated carbocycles. The average molecular weight is 386 g/mol. The van der Waals surface area contributed by atoms with E-state index in [-0.39, 0.29) is 17.9 Å². The van der Waals surface area contributed by atoms with Gasteiger partial charge in [-0.15, -0.1) is 0 Å². The van der Waals surface area contributed by atoms with Gasteiger partial charge in [-0.3, -0.25) is 19.4 Å². The average Bonchev–Trinajstić information content (AvgIpc) is 2.76. The SMILES string of the molecule is O=C(CN1CCN([C@H]2CCCN(c3ccccc3)C2=O)CC1)N1CCOCC1. The summed E-state index contributed by atoms with van der Waals surface area (Å²) >= 11 is 0. The van der Waals surface area contributed by atoms with Crippen molar-refractivity contribution in [2.24, 2.45) is 0 Å². The van der Waals surface area contributed by atoms with E-state index in [9.17, 15) is 9.59 Å². The Balaban J connectivity index is 1.29. The summed E-state index contributed by atoms with van der Waals surface area (Å²) < 4.78 is 5.32. The number of nitrogens with zero attached hydrogens (tertiary/aromatic N) is 4. The molecule has 1 aromatic carbocycles. The van der Waals surface area contributed by atoms with Gasteiger partial charge in [-0.2, -0.15) is 0 Å². The normalized spacial score (nSPS) is 25.1. The lowest BCUT2D eigenvalue weighted by molar-refractivity contribution is -0.137. The van der Waals surface area contributed by atoms with Gasteiger partial charge in [0.2, 0.25) is 11.8 Å². The topological polar surface area (TPSA) is 56.3 Å². The summed E-state index contributed by atoms with van der Waals surface area (Å²) in [6.07, 6.45) is 1.95. The molecule has 2 amide bonds. The number of carbonyl (C=O) groups excluding carboxylic acids is 2. The molecule has 152 valence electrons. The molecule has 1 atom stereocenters. The van der Waals surface area contributed by atoms with Gasteiger partial charge in [-0.1, -0.05) is 18.2 Å². The molecule has 0 bridgehead atoms. The van der Waals surface area contributed by atoms with E-state index in [1.807, 2.05) is 40.1 Å². The van der Waals surface area contributed by atoms with E-state index >= 15 is 0 Å². The first-order chi connectivity index (χ1) is 13.7. The number of para-hydroxylation sites is 1. The second-order valence-corrected chi connectivity index (χ2v) is 7.79. The van der Waals surface area contributed by atoms with Crippen molar-refractivity contribution < 1.29 is 14.3 Å². The van der Waals surface area contributed by atoms with E-state index in [4.69, 9.17) is 4.74 Å². The minimum atomic E-state index is -0.0361. The van der Waals surface area contributed by atoms with Crippen molar-refractivity contribution >= 4 is 17.5 Å². The number of ether oxygens (including phenoxy) is 1. The van der Waals surface area contributed by atoms with Gasteiger partial charge in [-0.25, -0.2) is 0 Å². The highest BCUT2D eigenvalue weighted by atomic mass is 16.5. The van der Waals surface area contributed by atoms with Crippen molar-refractivity contribution in [3.05, 3.63) is 30.3 Å². The van der Waals surface area contributed by atoms with Crippen LogP contribution in [0.15, 0.2) is 30.3 Å². The molecule has 3 heterocycles. The molecule has 7 heteroatoms. The second kappa shape index (κ2) is 9.03. The van der Waals surface area contributed by atoms with Crippen LogP contribution in [0.4, 0.5) is 5.69 Å². The van der Waals surface area contributed by atoms with Gasteiger partial charge < -0.3 is 14.5 Å². The van der Waals surface area contributed by atoms with Crippen molar-refractivity contribution in [1.29, 1.82) is 0 Å². The summed E-state index contributed by atoms with van der Waals surface area (Å²) in [5, 5.41) is 0. The Kier molecular flexibility index (Phi) is 6.24. The first kappa shape index (κ1) is 19.4. The minimum absolute atomic E-state index is 0.0361. The van der Waals surface area contributed by atoms with Crippen LogP contribution in [0, 0.1) is 0 Å². The monoisotopic (exact) mass is 386 g/mol. The van der Waals surface area contributed by atoms with Gasteiger partial charge in [0.25, 0.3) is 0 Å². The Morgan fingerprint density at radius 3 is 2.39 bits per heavy atom. The Bertz CT molecular complexity index is 669. The Hall–Kier alpha value is -1.96. The summed E-state index contributed by atoms with van der Waals surface area (Å²) in [4.78, 5) is 33.9. The van der Waals surface area contributed by atoms with E-state index in [2.05, 4.69) is 9.80 Å². The van der Waals surface area contributed by atoms with Crippen molar-refractivity contribution in [2.45, 2.75) is 18.9 Å². The predicted molar refractivity (Wildman–Crippen MR) is 107 cm³/mol. The van der Waals surface area contributed by atoms with Crippen LogP contribution in [0.1, 0.15) is 12.8 Å². The van der Waals surface area contributed by atoms with E-state index in [0.29, 0.717) is 32.8 Å². The van der Waals surface area contributed by atoms with E-state index < -0.39 is 0 Å². The van der Waals surface area contributed by atoms with Gasteiger partial charge in [0.05, 0.1) is 25.8 Å². The summed E-state index contributed by atoms with van der Waals surface area (Å²) in [7, 11) is 0. The summed E-state index contributed by atoms with van der Waals surface area (Å²) in [5.41, 5.74) is 0.993. The fourth-order valence-corrected chi connectivity index (χ4v) is 4.40. The Morgan fingerprint density at radius 1 is 0.964 bits per heavy atom. The van der Waals surface area contributed by atoms with Crippen LogP contribution in [0.2, 0.25) is 0 Å². The van der Waals surface area contributed by atoms with Crippen LogP contribution < -0.4 is 4.90 Å². The molecule has 0 aliphatic carbocycles. The minimum Gasteiger partial charge on any atom is -0.378 e. The maximum Gasteiger partial charge on any atom is 0.244 e. The number of morpholine rings is 1. The quantitative estimate of drug-likeness (QED) is 0.761. The number of anilines is 1. The van der Waals surface area contributed by atoms with Gasteiger partial charge in [0.1, 0.15) is 0 Å². The number of piperidine rings is 1. The molecule has 1 aromatic rings. The standard InChI is InChI=1S/C21H30N4O3/c26-20(24-13-15-28-16-14-24)17-22-9-11-23(12-10-22)19-7-4-8-25(21(19)27)18-5-2-1-3-6-18/h1-3,5-6,19H,4,7-17H2/t19-/m0/s1. The molecule has 0 unspecified atom stereocenters. The molecule has 28 heavy (non-hydrogen) atoms. The van der Waals surface area contributed by atoms with Gasteiger partial charge >= 0.3 is 0 Å². The molecule has 4 rings (SSSR count). The number of rotatable bonds is 4. The molecular weight excluding hydrogens is 356 g/mol. The third-order valence-electron chi connectivity index (χ3n) is 6.05. The van der Waals surface area contributed by atoms with Crippen LogP contribution in [-0.4, -0.2) is 98.1 Å². The number of piperazine rings is 1. The van der Waals surface area contributed by atoms with Crippen LogP contribution in [0.25, 0.3) is 0 Å². The number of carbonyl (C=O) groups is 2. The summed E-state index contributed by atoms with van der Waals surface area (Å²) in [6, 6.07) is 9.93. The fourth-order valence-electron chi connectivity index (χ4n) is 4.40. The maximum atomic E-state index is 13.1. The van der Waals surface area contributed by atoms with Crippen LogP contribution >= 0.6 is 0 Å². The molecule has 0 aromatic heterocycles. The summed E-state index contributed by atoms with van der Waals surface area (Å²) in [5.74, 6) is 0.413. The Morgan fingerprint density at radius 2 is 1.68 bits per heavy atom. The zero-order chi connectivity index (χ0) is 19.3. The highest BCUT2D eigenvalue weighted by Gasteiger charge is 2.35. The summed E-state index contributed by atoms with van der Waals surface area (Å²) in [6.45, 7) is 7.31. The molecule has 0 spiro atoms. The molecule has 3 aliphatic heterocycles. The number of hydrogen-bond donors (Lipinski definition) is 0. The number of hydrogen-bond acceptors (Lipinski definition) is 5. The zero-order valence-corrected chi connectivity index (χ0v) is 16.5. The smallest absolute Gasteiger partial charge is 0.244 e.